The Morgan fingerprint density at radius 1 is 1.67 bits per heavy atom. The molecule has 0 amide bonds. The predicted octanol–water partition coefficient (Wildman–Crippen LogP) is 1.57. The van der Waals surface area contributed by atoms with Crippen LogP contribution in [0.2, 0.25) is 0 Å². The zero-order valence-corrected chi connectivity index (χ0v) is 8.76. The van der Waals surface area contributed by atoms with E-state index in [1.807, 2.05) is 0 Å². The van der Waals surface area contributed by atoms with Gasteiger partial charge in [-0.3, -0.25) is 0 Å². The molecule has 0 bridgehead atoms. The third-order valence-electron chi connectivity index (χ3n) is 1.19. The van der Waals surface area contributed by atoms with Crippen molar-refractivity contribution in [3.8, 4) is 0 Å². The van der Waals surface area contributed by atoms with Crippen molar-refractivity contribution in [3.05, 3.63) is 11.8 Å². The lowest BCUT2D eigenvalue weighted by molar-refractivity contribution is -0.137. The summed E-state index contributed by atoms with van der Waals surface area (Å²) in [6.07, 6.45) is 3.00. The molecule has 0 aliphatic carbocycles. The van der Waals surface area contributed by atoms with Crippen molar-refractivity contribution in [2.45, 2.75) is 19.8 Å². The van der Waals surface area contributed by atoms with Gasteiger partial charge in [0.2, 0.25) is 0 Å². The molecule has 0 aromatic carbocycles. The minimum Gasteiger partial charge on any atom is -0.463 e. The summed E-state index contributed by atoms with van der Waals surface area (Å²) in [6, 6.07) is 0. The Hall–Kier alpha value is -0.510. The van der Waals surface area contributed by atoms with Crippen LogP contribution in [0.25, 0.3) is 0 Å². The quantitative estimate of drug-likeness (QED) is 0.447. The van der Waals surface area contributed by atoms with Gasteiger partial charge in [-0.2, -0.15) is 0 Å². The lowest BCUT2D eigenvalue weighted by Crippen LogP contribution is -2.05. The minimum atomic E-state index is -0.357. The van der Waals surface area contributed by atoms with Gasteiger partial charge in [-0.25, -0.2) is 4.79 Å². The molecule has 0 radical (unpaired) electrons. The largest absolute Gasteiger partial charge is 0.463 e. The van der Waals surface area contributed by atoms with Crippen LogP contribution in [0, 0.1) is 0 Å². The summed E-state index contributed by atoms with van der Waals surface area (Å²) in [5, 5.41) is 0.893. The molecule has 0 atom stereocenters. The number of halogens is 1. The SMILES string of the molecule is CCOC(=O)/C=C(\N)CCCBr. The summed E-state index contributed by atoms with van der Waals surface area (Å²) in [6.45, 7) is 2.15. The van der Waals surface area contributed by atoms with Crippen LogP contribution in [0.4, 0.5) is 0 Å². The van der Waals surface area contributed by atoms with Crippen LogP contribution in [0.3, 0.4) is 0 Å². The molecule has 0 aromatic rings. The zero-order chi connectivity index (χ0) is 9.40. The topological polar surface area (TPSA) is 52.3 Å². The number of ether oxygens (including phenoxy) is 1. The van der Waals surface area contributed by atoms with Crippen LogP contribution in [0.5, 0.6) is 0 Å². The van der Waals surface area contributed by atoms with Crippen molar-refractivity contribution >= 4 is 21.9 Å². The molecule has 0 saturated carbocycles. The molecule has 0 fully saturated rings. The van der Waals surface area contributed by atoms with Gasteiger partial charge in [0.25, 0.3) is 0 Å². The third-order valence-corrected chi connectivity index (χ3v) is 1.75. The van der Waals surface area contributed by atoms with E-state index >= 15 is 0 Å². The average molecular weight is 236 g/mol. The number of allylic oxidation sites excluding steroid dienone is 1. The normalized spacial score (nSPS) is 11.3. The molecule has 2 N–H and O–H groups in total. The van der Waals surface area contributed by atoms with Gasteiger partial charge in [-0.05, 0) is 19.8 Å². The van der Waals surface area contributed by atoms with Gasteiger partial charge >= 0.3 is 5.97 Å². The summed E-state index contributed by atoms with van der Waals surface area (Å²) in [5.74, 6) is -0.357. The molecule has 12 heavy (non-hydrogen) atoms. The van der Waals surface area contributed by atoms with Gasteiger partial charge in [0.1, 0.15) is 0 Å². The highest BCUT2D eigenvalue weighted by Crippen LogP contribution is 2.00. The molecule has 0 aromatic heterocycles. The van der Waals surface area contributed by atoms with Gasteiger partial charge in [-0.15, -0.1) is 0 Å². The molecule has 0 heterocycles. The zero-order valence-electron chi connectivity index (χ0n) is 7.18. The summed E-state index contributed by atoms with van der Waals surface area (Å²) in [4.78, 5) is 10.8. The van der Waals surface area contributed by atoms with Gasteiger partial charge in [0.05, 0.1) is 6.61 Å². The van der Waals surface area contributed by atoms with Gasteiger partial charge in [0.15, 0.2) is 0 Å². The monoisotopic (exact) mass is 235 g/mol. The van der Waals surface area contributed by atoms with Crippen molar-refractivity contribution in [1.82, 2.24) is 0 Å². The molecular weight excluding hydrogens is 222 g/mol. The number of hydrogen-bond acceptors (Lipinski definition) is 3. The highest BCUT2D eigenvalue weighted by Gasteiger charge is 1.97. The van der Waals surface area contributed by atoms with E-state index in [1.54, 1.807) is 6.92 Å². The molecule has 4 heteroatoms. The van der Waals surface area contributed by atoms with E-state index < -0.39 is 0 Å². The molecule has 3 nitrogen and oxygen atoms in total. The maximum atomic E-state index is 10.8. The highest BCUT2D eigenvalue weighted by molar-refractivity contribution is 9.09. The van der Waals surface area contributed by atoms with Crippen molar-refractivity contribution in [1.29, 1.82) is 0 Å². The average Bonchev–Trinajstić information content (AvgIpc) is 2.01. The minimum absolute atomic E-state index is 0.357. The number of alkyl halides is 1. The number of esters is 1. The van der Waals surface area contributed by atoms with E-state index in [0.717, 1.165) is 18.2 Å². The van der Waals surface area contributed by atoms with E-state index in [-0.39, 0.29) is 5.97 Å². The standard InChI is InChI=1S/C8H14BrNO2/c1-2-12-8(11)6-7(10)4-3-5-9/h6H,2-5,10H2,1H3/b7-6-. The second-order valence-corrected chi connectivity index (χ2v) is 3.06. The smallest absolute Gasteiger partial charge is 0.332 e. The molecule has 0 saturated heterocycles. The second-order valence-electron chi connectivity index (χ2n) is 2.26. The molecular formula is C8H14BrNO2. The maximum absolute atomic E-state index is 10.8. The first-order valence-corrected chi connectivity index (χ1v) is 5.01. The lowest BCUT2D eigenvalue weighted by Gasteiger charge is -1.99. The molecule has 0 aliphatic heterocycles. The Morgan fingerprint density at radius 3 is 2.83 bits per heavy atom. The van der Waals surface area contributed by atoms with E-state index in [2.05, 4.69) is 20.7 Å². The summed E-state index contributed by atoms with van der Waals surface area (Å²) in [5.41, 5.74) is 6.11. The summed E-state index contributed by atoms with van der Waals surface area (Å²) >= 11 is 3.28. The number of carbonyl (C=O) groups is 1. The Balaban J connectivity index is 3.72. The Kier molecular flexibility index (Phi) is 6.85. The number of rotatable bonds is 5. The summed E-state index contributed by atoms with van der Waals surface area (Å²) < 4.78 is 4.69. The first-order chi connectivity index (χ1) is 5.70. The van der Waals surface area contributed by atoms with E-state index in [1.165, 1.54) is 6.08 Å². The first-order valence-electron chi connectivity index (χ1n) is 3.89. The third kappa shape index (κ3) is 6.22. The molecule has 0 unspecified atom stereocenters. The highest BCUT2D eigenvalue weighted by atomic mass is 79.9. The fourth-order valence-electron chi connectivity index (χ4n) is 0.678. The van der Waals surface area contributed by atoms with Gasteiger partial charge < -0.3 is 10.5 Å². The molecule has 70 valence electrons. The van der Waals surface area contributed by atoms with Crippen LogP contribution >= 0.6 is 15.9 Å². The predicted molar refractivity (Wildman–Crippen MR) is 51.9 cm³/mol. The van der Waals surface area contributed by atoms with Crippen molar-refractivity contribution in [2.24, 2.45) is 5.73 Å². The van der Waals surface area contributed by atoms with Gasteiger partial charge in [0, 0.05) is 17.1 Å². The molecule has 0 spiro atoms. The Labute approximate surface area is 81.1 Å². The van der Waals surface area contributed by atoms with E-state index in [9.17, 15) is 4.79 Å². The van der Waals surface area contributed by atoms with Crippen LogP contribution < -0.4 is 5.73 Å². The van der Waals surface area contributed by atoms with Crippen LogP contribution in [-0.4, -0.2) is 17.9 Å². The second kappa shape index (κ2) is 7.16. The van der Waals surface area contributed by atoms with Crippen molar-refractivity contribution in [3.63, 3.8) is 0 Å². The first kappa shape index (κ1) is 11.5. The van der Waals surface area contributed by atoms with E-state index in [4.69, 9.17) is 5.73 Å². The fraction of sp³-hybridized carbons (Fsp3) is 0.625. The van der Waals surface area contributed by atoms with Gasteiger partial charge in [-0.1, -0.05) is 15.9 Å². The van der Waals surface area contributed by atoms with Crippen molar-refractivity contribution in [2.75, 3.05) is 11.9 Å². The Morgan fingerprint density at radius 2 is 2.33 bits per heavy atom. The Bertz CT molecular complexity index is 168. The van der Waals surface area contributed by atoms with E-state index in [0.29, 0.717) is 12.3 Å². The summed E-state index contributed by atoms with van der Waals surface area (Å²) in [7, 11) is 0. The van der Waals surface area contributed by atoms with Crippen LogP contribution in [-0.2, 0) is 9.53 Å². The number of nitrogens with two attached hydrogens (primary N) is 1. The number of hydrogen-bond donors (Lipinski definition) is 1. The lowest BCUT2D eigenvalue weighted by atomic mass is 10.2. The maximum Gasteiger partial charge on any atom is 0.332 e. The number of carbonyl (C=O) groups excluding carboxylic acids is 1. The van der Waals surface area contributed by atoms with Crippen LogP contribution in [0.15, 0.2) is 11.8 Å². The van der Waals surface area contributed by atoms with Crippen LogP contribution in [0.1, 0.15) is 19.8 Å². The fourth-order valence-corrected chi connectivity index (χ4v) is 0.959. The molecule has 0 aliphatic rings. The van der Waals surface area contributed by atoms with Crippen molar-refractivity contribution < 1.29 is 9.53 Å². The molecule has 0 rings (SSSR count).